The van der Waals surface area contributed by atoms with E-state index in [0.717, 1.165) is 0 Å². The Labute approximate surface area is 220 Å². The van der Waals surface area contributed by atoms with Gasteiger partial charge in [0.15, 0.2) is 17.8 Å². The molecule has 2 bridgehead atoms. The minimum absolute atomic E-state index is 0.101. The molecule has 0 saturated carbocycles. The molecule has 2 aromatic heterocycles. The topological polar surface area (TPSA) is 185 Å². The molecule has 5 N–H and O–H groups in total. The van der Waals surface area contributed by atoms with Crippen LogP contribution in [0.1, 0.15) is 24.8 Å². The van der Waals surface area contributed by atoms with Crippen LogP contribution >= 0.6 is 26.8 Å². The van der Waals surface area contributed by atoms with E-state index in [1.807, 2.05) is 0 Å². The third-order valence-corrected chi connectivity index (χ3v) is 10.0. The Bertz CT molecular complexity index is 1470. The van der Waals surface area contributed by atoms with E-state index in [2.05, 4.69) is 15.4 Å². The number of pyridine rings is 1. The molecule has 2 saturated heterocycles. The lowest BCUT2D eigenvalue weighted by Gasteiger charge is -2.31. The number of anilines is 1. The molecule has 6 atom stereocenters. The van der Waals surface area contributed by atoms with Crippen LogP contribution in [0.25, 0.3) is 11.0 Å². The third kappa shape index (κ3) is 5.26. The summed E-state index contributed by atoms with van der Waals surface area (Å²) in [6.07, 6.45) is -1.83. The molecule has 1 aromatic carbocycles. The van der Waals surface area contributed by atoms with Crippen LogP contribution in [0.15, 0.2) is 36.5 Å². The Balaban J connectivity index is 1.40. The van der Waals surface area contributed by atoms with Gasteiger partial charge in [0.05, 0.1) is 36.5 Å². The van der Waals surface area contributed by atoms with Gasteiger partial charge in [0, 0.05) is 5.56 Å². The van der Waals surface area contributed by atoms with E-state index < -0.39 is 57.8 Å². The number of ether oxygens (including phenoxy) is 2. The summed E-state index contributed by atoms with van der Waals surface area (Å²) in [5.41, 5.74) is -0.376. The molecule has 17 heteroatoms. The second kappa shape index (κ2) is 9.90. The maximum Gasteiger partial charge on any atom is 0.340 e. The van der Waals surface area contributed by atoms with Crippen molar-refractivity contribution in [3.8, 4) is 0 Å². The van der Waals surface area contributed by atoms with Crippen molar-refractivity contribution >= 4 is 43.5 Å². The number of aliphatic hydroxyl groups excluding tert-OH is 1. The summed E-state index contributed by atoms with van der Waals surface area (Å²) in [6, 6.07) is 7.47. The number of aliphatic hydroxyl groups is 1. The number of hydrogen-bond donors (Lipinski definition) is 5. The number of rotatable bonds is 9. The Kier molecular flexibility index (Phi) is 7.19. The first kappa shape index (κ1) is 27.6. The van der Waals surface area contributed by atoms with E-state index in [4.69, 9.17) is 35.4 Å². The van der Waals surface area contributed by atoms with E-state index in [1.165, 1.54) is 16.9 Å². The molecule has 0 spiro atoms. The van der Waals surface area contributed by atoms with E-state index in [-0.39, 0.29) is 23.2 Å². The van der Waals surface area contributed by atoms with Gasteiger partial charge in [0.25, 0.3) is 0 Å². The minimum Gasteiger partial charge on any atom is -0.387 e. The largest absolute Gasteiger partial charge is 0.387 e. The van der Waals surface area contributed by atoms with Crippen LogP contribution in [-0.4, -0.2) is 71.5 Å². The first-order valence-electron chi connectivity index (χ1n) is 11.3. The second-order valence-electron chi connectivity index (χ2n) is 9.22. The van der Waals surface area contributed by atoms with Crippen molar-refractivity contribution in [2.75, 3.05) is 24.4 Å². The molecule has 1 unspecified atom stereocenters. The molecular weight excluding hydrogens is 569 g/mol. The van der Waals surface area contributed by atoms with E-state index in [1.54, 1.807) is 31.2 Å². The summed E-state index contributed by atoms with van der Waals surface area (Å²) in [6.45, 7) is 0.906. The third-order valence-electron chi connectivity index (χ3n) is 6.40. The van der Waals surface area contributed by atoms with Gasteiger partial charge in [-0.1, -0.05) is 29.8 Å². The van der Waals surface area contributed by atoms with Crippen LogP contribution in [0.4, 0.5) is 10.1 Å². The number of halogens is 2. The highest BCUT2D eigenvalue weighted by molar-refractivity contribution is 7.70. The van der Waals surface area contributed by atoms with Crippen molar-refractivity contribution < 1.29 is 47.3 Å². The molecule has 4 heterocycles. The Morgan fingerprint density at radius 3 is 2.79 bits per heavy atom. The normalized spacial score (nSPS) is 27.5. The monoisotopic (exact) mass is 592 g/mol. The van der Waals surface area contributed by atoms with Gasteiger partial charge < -0.3 is 39.1 Å². The first-order chi connectivity index (χ1) is 17.8. The number of nitrogens with zero attached hydrogens (tertiary/aromatic N) is 3. The lowest BCUT2D eigenvalue weighted by Crippen LogP contribution is -2.44. The standard InChI is InChI=1S/C21H24ClFN4O9P2/c1-11(12-4-2-3-5-14(12)23)25-15-6-16(22)26-19-13(15)7-24-27(19)20-17-18(28)21(36-20,8-34-17)9-35-38(32,33)10-37(29,30)31/h2-7,11,17-18,20,28H,8-10H2,1H3,(H,25,26)(H,32,33)(H2,29,30,31)/t11-,17+,18-,20+,21+/m0/s1. The first-order valence-corrected chi connectivity index (χ1v) is 15.3. The van der Waals surface area contributed by atoms with Crippen LogP contribution in [0, 0.1) is 5.82 Å². The average molecular weight is 593 g/mol. The quantitative estimate of drug-likeness (QED) is 0.181. The maximum absolute atomic E-state index is 14.3. The lowest BCUT2D eigenvalue weighted by atomic mass is 10.0. The van der Waals surface area contributed by atoms with E-state index >= 15 is 0 Å². The Morgan fingerprint density at radius 1 is 1.34 bits per heavy atom. The number of benzene rings is 1. The van der Waals surface area contributed by atoms with Crippen LogP contribution in [0.2, 0.25) is 5.15 Å². The molecule has 2 aliphatic heterocycles. The summed E-state index contributed by atoms with van der Waals surface area (Å²) < 4.78 is 55.5. The van der Waals surface area contributed by atoms with Crippen LogP contribution in [-0.2, 0) is 23.1 Å². The zero-order valence-corrected chi connectivity index (χ0v) is 22.3. The highest BCUT2D eigenvalue weighted by Gasteiger charge is 2.63. The summed E-state index contributed by atoms with van der Waals surface area (Å²) in [4.78, 5) is 32.2. The molecule has 5 rings (SSSR count). The molecule has 2 fully saturated rings. The van der Waals surface area contributed by atoms with Gasteiger partial charge in [-0.25, -0.2) is 14.1 Å². The molecule has 3 aromatic rings. The summed E-state index contributed by atoms with van der Waals surface area (Å²) >= 11 is 6.28. The van der Waals surface area contributed by atoms with Gasteiger partial charge >= 0.3 is 15.2 Å². The fraction of sp³-hybridized carbons (Fsp3) is 0.429. The van der Waals surface area contributed by atoms with E-state index in [0.29, 0.717) is 16.6 Å². The predicted molar refractivity (Wildman–Crippen MR) is 132 cm³/mol. The fourth-order valence-electron chi connectivity index (χ4n) is 4.63. The van der Waals surface area contributed by atoms with E-state index in [9.17, 15) is 23.5 Å². The van der Waals surface area contributed by atoms with Crippen LogP contribution in [0.5, 0.6) is 0 Å². The van der Waals surface area contributed by atoms with Gasteiger partial charge in [0.2, 0.25) is 0 Å². The Morgan fingerprint density at radius 2 is 2.08 bits per heavy atom. The van der Waals surface area contributed by atoms with Crippen molar-refractivity contribution in [3.05, 3.63) is 53.1 Å². The molecule has 0 amide bonds. The van der Waals surface area contributed by atoms with Gasteiger partial charge in [-0.3, -0.25) is 9.13 Å². The molecular formula is C21H24ClFN4O9P2. The number of fused-ring (bicyclic) bond motifs is 3. The SMILES string of the molecule is C[C@H](Nc1cc(Cl)nc2c1cnn2[C@@H]1O[C@@]2(COP(=O)(O)CP(=O)(O)O)CO[C@@H]1[C@@H]2O)c1ccccc1F. The highest BCUT2D eigenvalue weighted by atomic mass is 35.5. The molecule has 13 nitrogen and oxygen atoms in total. The van der Waals surface area contributed by atoms with Crippen LogP contribution < -0.4 is 5.32 Å². The molecule has 0 radical (unpaired) electrons. The zero-order chi connectivity index (χ0) is 27.5. The zero-order valence-electron chi connectivity index (χ0n) is 19.7. The minimum atomic E-state index is -4.84. The van der Waals surface area contributed by atoms with Crippen LogP contribution in [0.3, 0.4) is 0 Å². The number of aromatic nitrogens is 3. The summed E-state index contributed by atoms with van der Waals surface area (Å²) in [5.74, 6) is -1.76. The molecule has 206 valence electrons. The van der Waals surface area contributed by atoms with Gasteiger partial charge in [-0.05, 0) is 19.1 Å². The fourth-order valence-corrected chi connectivity index (χ4v) is 7.43. The van der Waals surface area contributed by atoms with Crippen molar-refractivity contribution in [1.82, 2.24) is 14.8 Å². The lowest BCUT2D eigenvalue weighted by molar-refractivity contribution is -0.186. The van der Waals surface area contributed by atoms with Gasteiger partial charge in [0.1, 0.15) is 28.8 Å². The molecule has 0 aliphatic carbocycles. The van der Waals surface area contributed by atoms with Gasteiger partial charge in [-0.15, -0.1) is 0 Å². The Hall–Kier alpha value is -1.96. The average Bonchev–Trinajstić information content (AvgIpc) is 3.46. The molecule has 38 heavy (non-hydrogen) atoms. The van der Waals surface area contributed by atoms with Gasteiger partial charge in [-0.2, -0.15) is 5.10 Å². The summed E-state index contributed by atoms with van der Waals surface area (Å²) in [5, 5.41) is 19.0. The smallest absolute Gasteiger partial charge is 0.340 e. The highest BCUT2D eigenvalue weighted by Crippen LogP contribution is 2.57. The predicted octanol–water partition coefficient (Wildman–Crippen LogP) is 2.76. The van der Waals surface area contributed by atoms with Crippen molar-refractivity contribution in [1.29, 1.82) is 0 Å². The summed E-state index contributed by atoms with van der Waals surface area (Å²) in [7, 11) is -9.54. The second-order valence-corrected chi connectivity index (χ2v) is 13.6. The maximum atomic E-state index is 14.3. The van der Waals surface area contributed by atoms with Crippen molar-refractivity contribution in [3.63, 3.8) is 0 Å². The van der Waals surface area contributed by atoms with Crippen molar-refractivity contribution in [2.45, 2.75) is 37.0 Å². The number of nitrogens with one attached hydrogen (secondary N) is 1. The number of hydrogen-bond acceptors (Lipinski definition) is 9. The van der Waals surface area contributed by atoms with Crippen molar-refractivity contribution in [2.24, 2.45) is 0 Å². The molecule has 2 aliphatic rings.